The molecule has 142 valence electrons. The lowest BCUT2D eigenvalue weighted by Gasteiger charge is -2.08. The molecule has 0 saturated heterocycles. The Bertz CT molecular complexity index is 1230. The summed E-state index contributed by atoms with van der Waals surface area (Å²) in [5, 5.41) is 12.6. The van der Waals surface area contributed by atoms with Crippen LogP contribution in [0.2, 0.25) is 0 Å². The number of hydrogen-bond donors (Lipinski definition) is 1. The zero-order valence-electron chi connectivity index (χ0n) is 15.5. The first-order valence-electron chi connectivity index (χ1n) is 8.95. The summed E-state index contributed by atoms with van der Waals surface area (Å²) >= 11 is 0. The van der Waals surface area contributed by atoms with Gasteiger partial charge in [0, 0.05) is 24.5 Å². The molecule has 1 heterocycles. The van der Waals surface area contributed by atoms with Crippen LogP contribution in [0.25, 0.3) is 10.9 Å². The number of aryl methyl sites for hydroxylation is 1. The van der Waals surface area contributed by atoms with Crippen molar-refractivity contribution in [3.05, 3.63) is 65.4 Å². The number of nitriles is 1. The van der Waals surface area contributed by atoms with E-state index in [0.717, 1.165) is 11.1 Å². The van der Waals surface area contributed by atoms with Crippen molar-refractivity contribution in [2.75, 3.05) is 7.05 Å². The van der Waals surface area contributed by atoms with Crippen LogP contribution in [0.4, 0.5) is 0 Å². The zero-order chi connectivity index (χ0) is 20.1. The SMILES string of the molecule is CNC(=O)[C@@H]1C[C@H]1c1cn(S(=O)(=O)c2ccc(C)cc2)c2ccc(C#N)cc12. The van der Waals surface area contributed by atoms with Gasteiger partial charge in [0.15, 0.2) is 0 Å². The Morgan fingerprint density at radius 3 is 2.57 bits per heavy atom. The molecule has 6 nitrogen and oxygen atoms in total. The second-order valence-electron chi connectivity index (χ2n) is 7.11. The van der Waals surface area contributed by atoms with Crippen LogP contribution in [-0.2, 0) is 14.8 Å². The number of nitrogens with one attached hydrogen (secondary N) is 1. The van der Waals surface area contributed by atoms with Gasteiger partial charge in [-0.3, -0.25) is 4.79 Å². The Hall–Kier alpha value is -3.11. The van der Waals surface area contributed by atoms with Crippen molar-refractivity contribution in [1.82, 2.24) is 9.29 Å². The third kappa shape index (κ3) is 2.86. The maximum atomic E-state index is 13.3. The molecule has 1 fully saturated rings. The van der Waals surface area contributed by atoms with Crippen LogP contribution in [-0.4, -0.2) is 25.3 Å². The van der Waals surface area contributed by atoms with Gasteiger partial charge in [0.1, 0.15) is 0 Å². The largest absolute Gasteiger partial charge is 0.359 e. The van der Waals surface area contributed by atoms with Crippen molar-refractivity contribution in [2.45, 2.75) is 24.2 Å². The number of carbonyl (C=O) groups excluding carboxylic acids is 1. The van der Waals surface area contributed by atoms with Crippen LogP contribution in [0.5, 0.6) is 0 Å². The Morgan fingerprint density at radius 2 is 1.93 bits per heavy atom. The minimum atomic E-state index is -3.80. The second-order valence-corrected chi connectivity index (χ2v) is 8.92. The highest BCUT2D eigenvalue weighted by molar-refractivity contribution is 7.90. The number of hydrogen-bond acceptors (Lipinski definition) is 4. The topological polar surface area (TPSA) is 92.0 Å². The van der Waals surface area contributed by atoms with Crippen LogP contribution >= 0.6 is 0 Å². The van der Waals surface area contributed by atoms with Crippen molar-refractivity contribution < 1.29 is 13.2 Å². The molecule has 1 N–H and O–H groups in total. The number of rotatable bonds is 4. The standard InChI is InChI=1S/C21H19N3O3S/c1-13-3-6-15(7-4-13)28(26,27)24-12-19(16-10-18(16)21(25)23-2)17-9-14(11-22)5-8-20(17)24/h3-9,12,16,18H,10H2,1-2H3,(H,23,25)/t16-,18-/m1/s1. The maximum Gasteiger partial charge on any atom is 0.268 e. The molecule has 2 atom stereocenters. The van der Waals surface area contributed by atoms with Crippen molar-refractivity contribution in [1.29, 1.82) is 5.26 Å². The minimum Gasteiger partial charge on any atom is -0.359 e. The van der Waals surface area contributed by atoms with Gasteiger partial charge in [-0.25, -0.2) is 12.4 Å². The number of carbonyl (C=O) groups is 1. The molecule has 3 aromatic rings. The Balaban J connectivity index is 1.89. The van der Waals surface area contributed by atoms with Crippen molar-refractivity contribution in [3.8, 4) is 6.07 Å². The fourth-order valence-corrected chi connectivity index (χ4v) is 5.00. The molecule has 0 aliphatic heterocycles. The highest BCUT2D eigenvalue weighted by Crippen LogP contribution is 2.50. The summed E-state index contributed by atoms with van der Waals surface area (Å²) in [7, 11) is -2.20. The van der Waals surface area contributed by atoms with E-state index in [1.165, 1.54) is 3.97 Å². The molecule has 0 spiro atoms. The lowest BCUT2D eigenvalue weighted by atomic mass is 10.1. The summed E-state index contributed by atoms with van der Waals surface area (Å²) in [5.74, 6) is -0.272. The van der Waals surface area contributed by atoms with Crippen molar-refractivity contribution >= 4 is 26.8 Å². The lowest BCUT2D eigenvalue weighted by Crippen LogP contribution is -2.20. The monoisotopic (exact) mass is 393 g/mol. The van der Waals surface area contributed by atoms with Gasteiger partial charge in [0.05, 0.1) is 22.0 Å². The normalized spacial score (nSPS) is 18.6. The van der Waals surface area contributed by atoms with E-state index in [2.05, 4.69) is 11.4 Å². The molecule has 1 aliphatic carbocycles. The Morgan fingerprint density at radius 1 is 1.21 bits per heavy atom. The van der Waals surface area contributed by atoms with E-state index in [1.807, 2.05) is 6.92 Å². The number of aromatic nitrogens is 1. The summed E-state index contributed by atoms with van der Waals surface area (Å²) in [4.78, 5) is 12.2. The van der Waals surface area contributed by atoms with Crippen molar-refractivity contribution in [2.24, 2.45) is 5.92 Å². The fourth-order valence-electron chi connectivity index (χ4n) is 3.63. The molecule has 1 aliphatic rings. The summed E-state index contributed by atoms with van der Waals surface area (Å²) in [5.41, 5.74) is 2.73. The fraction of sp³-hybridized carbons (Fsp3) is 0.238. The van der Waals surface area contributed by atoms with E-state index in [-0.39, 0.29) is 22.6 Å². The predicted molar refractivity (Wildman–Crippen MR) is 105 cm³/mol. The first-order chi connectivity index (χ1) is 13.4. The highest BCUT2D eigenvalue weighted by Gasteiger charge is 2.45. The molecule has 0 bridgehead atoms. The molecule has 1 amide bonds. The van der Waals surface area contributed by atoms with E-state index in [0.29, 0.717) is 22.9 Å². The van der Waals surface area contributed by atoms with Crippen LogP contribution in [0, 0.1) is 24.2 Å². The second kappa shape index (κ2) is 6.50. The van der Waals surface area contributed by atoms with Crippen LogP contribution in [0.3, 0.4) is 0 Å². The third-order valence-electron chi connectivity index (χ3n) is 5.28. The van der Waals surface area contributed by atoms with E-state index < -0.39 is 10.0 Å². The number of benzene rings is 2. The smallest absolute Gasteiger partial charge is 0.268 e. The van der Waals surface area contributed by atoms with Gasteiger partial charge in [-0.15, -0.1) is 0 Å². The third-order valence-corrected chi connectivity index (χ3v) is 6.97. The molecule has 4 rings (SSSR count). The van der Waals surface area contributed by atoms with Gasteiger partial charge in [0.2, 0.25) is 5.91 Å². The Labute approximate surface area is 163 Å². The molecule has 0 unspecified atom stereocenters. The quantitative estimate of drug-likeness (QED) is 0.738. The van der Waals surface area contributed by atoms with Crippen LogP contribution in [0.15, 0.2) is 53.6 Å². The highest BCUT2D eigenvalue weighted by atomic mass is 32.2. The van der Waals surface area contributed by atoms with Crippen LogP contribution < -0.4 is 5.32 Å². The molecule has 7 heteroatoms. The molecule has 2 aromatic carbocycles. The summed E-state index contributed by atoms with van der Waals surface area (Å²) in [6.07, 6.45) is 2.27. The molecule has 1 aromatic heterocycles. The van der Waals surface area contributed by atoms with E-state index in [9.17, 15) is 18.5 Å². The lowest BCUT2D eigenvalue weighted by molar-refractivity contribution is -0.121. The molecular weight excluding hydrogens is 374 g/mol. The molecule has 28 heavy (non-hydrogen) atoms. The molecule has 1 saturated carbocycles. The average Bonchev–Trinajstić information content (AvgIpc) is 3.40. The number of fused-ring (bicyclic) bond motifs is 1. The maximum absolute atomic E-state index is 13.3. The summed E-state index contributed by atoms with van der Waals surface area (Å²) in [6, 6.07) is 13.8. The molecule has 0 radical (unpaired) electrons. The van der Waals surface area contributed by atoms with Crippen LogP contribution in [0.1, 0.15) is 29.0 Å². The zero-order valence-corrected chi connectivity index (χ0v) is 16.3. The number of amides is 1. The summed E-state index contributed by atoms with van der Waals surface area (Å²) < 4.78 is 27.8. The van der Waals surface area contributed by atoms with Gasteiger partial charge in [-0.1, -0.05) is 17.7 Å². The van der Waals surface area contributed by atoms with Crippen molar-refractivity contribution in [3.63, 3.8) is 0 Å². The van der Waals surface area contributed by atoms with E-state index in [4.69, 9.17) is 0 Å². The number of nitrogens with zero attached hydrogens (tertiary/aromatic N) is 2. The first-order valence-corrected chi connectivity index (χ1v) is 10.4. The van der Waals surface area contributed by atoms with Gasteiger partial charge in [0.25, 0.3) is 10.0 Å². The Kier molecular flexibility index (Phi) is 4.24. The molecular formula is C21H19N3O3S. The summed E-state index contributed by atoms with van der Waals surface area (Å²) in [6.45, 7) is 1.90. The first kappa shape index (κ1) is 18.3. The van der Waals surface area contributed by atoms with Gasteiger partial charge < -0.3 is 5.32 Å². The average molecular weight is 393 g/mol. The van der Waals surface area contributed by atoms with Gasteiger partial charge in [-0.05, 0) is 55.2 Å². The minimum absolute atomic E-state index is 0.0501. The van der Waals surface area contributed by atoms with E-state index in [1.54, 1.807) is 55.7 Å². The predicted octanol–water partition coefficient (Wildman–Crippen LogP) is 2.91. The van der Waals surface area contributed by atoms with E-state index >= 15 is 0 Å². The van der Waals surface area contributed by atoms with Gasteiger partial charge >= 0.3 is 0 Å². The van der Waals surface area contributed by atoms with Gasteiger partial charge in [-0.2, -0.15) is 5.26 Å².